The van der Waals surface area contributed by atoms with Crippen LogP contribution < -0.4 is 5.32 Å². The lowest BCUT2D eigenvalue weighted by Gasteiger charge is -2.09. The molecule has 0 aromatic heterocycles. The maximum Gasteiger partial charge on any atom is 0.251 e. The van der Waals surface area contributed by atoms with Gasteiger partial charge < -0.3 is 5.32 Å². The van der Waals surface area contributed by atoms with Gasteiger partial charge in [-0.05, 0) is 36.6 Å². The summed E-state index contributed by atoms with van der Waals surface area (Å²) in [6.07, 6.45) is 0. The summed E-state index contributed by atoms with van der Waals surface area (Å²) in [6.45, 7) is 4.18. The molecule has 2 nitrogen and oxygen atoms in total. The van der Waals surface area contributed by atoms with Gasteiger partial charge in [0, 0.05) is 18.0 Å². The Labute approximate surface area is 99.8 Å². The Morgan fingerprint density at radius 3 is 2.75 bits per heavy atom. The maximum absolute atomic E-state index is 13.1. The van der Waals surface area contributed by atoms with Gasteiger partial charge in [-0.3, -0.25) is 4.79 Å². The van der Waals surface area contributed by atoms with E-state index in [4.69, 9.17) is 11.6 Å². The molecule has 0 radical (unpaired) electrons. The van der Waals surface area contributed by atoms with Gasteiger partial charge in [0.15, 0.2) is 0 Å². The number of rotatable bonds is 4. The van der Waals surface area contributed by atoms with Crippen LogP contribution in [-0.2, 0) is 0 Å². The predicted molar refractivity (Wildman–Crippen MR) is 63.4 cm³/mol. The molecule has 1 N–H and O–H groups in total. The number of amides is 1. The van der Waals surface area contributed by atoms with Crippen LogP contribution in [0.1, 0.15) is 22.8 Å². The Morgan fingerprint density at radius 1 is 1.50 bits per heavy atom. The van der Waals surface area contributed by atoms with Gasteiger partial charge in [0.1, 0.15) is 5.82 Å². The van der Waals surface area contributed by atoms with E-state index in [1.165, 1.54) is 12.1 Å². The SMILES string of the molecule is Cc1cc(F)cc(C(=O)NCC(C)CCl)c1. The largest absolute Gasteiger partial charge is 0.352 e. The third kappa shape index (κ3) is 3.81. The molecule has 0 bridgehead atoms. The molecule has 4 heteroatoms. The Kier molecular flexibility index (Phi) is 4.74. The number of aryl methyl sites for hydroxylation is 1. The third-order valence-electron chi connectivity index (χ3n) is 2.18. The van der Waals surface area contributed by atoms with E-state index >= 15 is 0 Å². The Hall–Kier alpha value is -1.09. The zero-order valence-corrected chi connectivity index (χ0v) is 10.1. The van der Waals surface area contributed by atoms with Crippen molar-refractivity contribution in [2.24, 2.45) is 5.92 Å². The van der Waals surface area contributed by atoms with Crippen molar-refractivity contribution in [1.82, 2.24) is 5.32 Å². The summed E-state index contributed by atoms with van der Waals surface area (Å²) in [5, 5.41) is 2.71. The highest BCUT2D eigenvalue weighted by Gasteiger charge is 2.08. The van der Waals surface area contributed by atoms with Crippen LogP contribution in [0, 0.1) is 18.7 Å². The first-order chi connectivity index (χ1) is 7.52. The normalized spacial score (nSPS) is 12.2. The monoisotopic (exact) mass is 243 g/mol. The molecule has 0 aliphatic rings. The first-order valence-corrected chi connectivity index (χ1v) is 5.67. The minimum Gasteiger partial charge on any atom is -0.352 e. The highest BCUT2D eigenvalue weighted by molar-refractivity contribution is 6.18. The van der Waals surface area contributed by atoms with Crippen molar-refractivity contribution < 1.29 is 9.18 Å². The first-order valence-electron chi connectivity index (χ1n) is 5.14. The maximum atomic E-state index is 13.1. The fourth-order valence-electron chi connectivity index (χ4n) is 1.29. The number of carbonyl (C=O) groups is 1. The van der Waals surface area contributed by atoms with Gasteiger partial charge in [0.25, 0.3) is 5.91 Å². The fourth-order valence-corrected chi connectivity index (χ4v) is 1.40. The summed E-state index contributed by atoms with van der Waals surface area (Å²) >= 11 is 5.62. The van der Waals surface area contributed by atoms with Gasteiger partial charge in [-0.25, -0.2) is 4.39 Å². The van der Waals surface area contributed by atoms with Crippen molar-refractivity contribution in [1.29, 1.82) is 0 Å². The topological polar surface area (TPSA) is 29.1 Å². The predicted octanol–water partition coefficient (Wildman–Crippen LogP) is 2.74. The van der Waals surface area contributed by atoms with Crippen molar-refractivity contribution in [3.05, 3.63) is 35.1 Å². The molecule has 0 saturated carbocycles. The van der Waals surface area contributed by atoms with Gasteiger partial charge in [0.05, 0.1) is 0 Å². The molecule has 1 atom stereocenters. The average Bonchev–Trinajstić information content (AvgIpc) is 2.23. The van der Waals surface area contributed by atoms with E-state index in [-0.39, 0.29) is 11.8 Å². The molecule has 16 heavy (non-hydrogen) atoms. The number of alkyl halides is 1. The molecular formula is C12H15ClFNO. The van der Waals surface area contributed by atoms with Crippen molar-refractivity contribution in [2.45, 2.75) is 13.8 Å². The lowest BCUT2D eigenvalue weighted by Crippen LogP contribution is -2.28. The highest BCUT2D eigenvalue weighted by atomic mass is 35.5. The molecule has 0 saturated heterocycles. The van der Waals surface area contributed by atoms with Crippen LogP contribution in [0.5, 0.6) is 0 Å². The lowest BCUT2D eigenvalue weighted by atomic mass is 10.1. The molecule has 1 rings (SSSR count). The second-order valence-corrected chi connectivity index (χ2v) is 4.30. The summed E-state index contributed by atoms with van der Waals surface area (Å²) in [6, 6.07) is 4.27. The van der Waals surface area contributed by atoms with E-state index in [2.05, 4.69) is 5.32 Å². The van der Waals surface area contributed by atoms with Gasteiger partial charge in [-0.15, -0.1) is 11.6 Å². The van der Waals surface area contributed by atoms with Gasteiger partial charge in [0.2, 0.25) is 0 Å². The molecule has 0 spiro atoms. The van der Waals surface area contributed by atoms with E-state index in [0.29, 0.717) is 18.0 Å². The zero-order valence-electron chi connectivity index (χ0n) is 9.39. The van der Waals surface area contributed by atoms with Crippen LogP contribution in [0.25, 0.3) is 0 Å². The number of hydrogen-bond donors (Lipinski definition) is 1. The Bertz CT molecular complexity index is 361. The molecule has 1 aromatic carbocycles. The molecule has 0 heterocycles. The average molecular weight is 244 g/mol. The minimum absolute atomic E-state index is 0.209. The van der Waals surface area contributed by atoms with Gasteiger partial charge in [-0.2, -0.15) is 0 Å². The molecule has 0 fully saturated rings. The summed E-state index contributed by atoms with van der Waals surface area (Å²) in [4.78, 5) is 11.6. The van der Waals surface area contributed by atoms with Crippen molar-refractivity contribution in [2.75, 3.05) is 12.4 Å². The van der Waals surface area contributed by atoms with Crippen LogP contribution in [0.3, 0.4) is 0 Å². The Morgan fingerprint density at radius 2 is 2.19 bits per heavy atom. The molecular weight excluding hydrogens is 229 g/mol. The number of carbonyl (C=O) groups excluding carboxylic acids is 1. The number of hydrogen-bond acceptors (Lipinski definition) is 1. The van der Waals surface area contributed by atoms with Crippen LogP contribution >= 0.6 is 11.6 Å². The van der Waals surface area contributed by atoms with Crippen molar-refractivity contribution >= 4 is 17.5 Å². The van der Waals surface area contributed by atoms with E-state index in [1.807, 2.05) is 6.92 Å². The van der Waals surface area contributed by atoms with Crippen LogP contribution in [0.4, 0.5) is 4.39 Å². The Balaban J connectivity index is 2.66. The second-order valence-electron chi connectivity index (χ2n) is 3.99. The second kappa shape index (κ2) is 5.85. The molecule has 1 aromatic rings. The lowest BCUT2D eigenvalue weighted by molar-refractivity contribution is 0.0948. The number of nitrogens with one attached hydrogen (secondary N) is 1. The fraction of sp³-hybridized carbons (Fsp3) is 0.417. The molecule has 0 aliphatic heterocycles. The van der Waals surface area contributed by atoms with Gasteiger partial charge >= 0.3 is 0 Å². The zero-order chi connectivity index (χ0) is 12.1. The smallest absolute Gasteiger partial charge is 0.251 e. The number of benzene rings is 1. The van der Waals surface area contributed by atoms with E-state index in [1.54, 1.807) is 13.0 Å². The molecule has 88 valence electrons. The van der Waals surface area contributed by atoms with Crippen molar-refractivity contribution in [3.8, 4) is 0 Å². The standard InChI is InChI=1S/C12H15ClFNO/c1-8-3-10(5-11(14)4-8)12(16)15-7-9(2)6-13/h3-5,9H,6-7H2,1-2H3,(H,15,16). The minimum atomic E-state index is -0.393. The summed E-state index contributed by atoms with van der Waals surface area (Å²) in [5.74, 6) is 0.0398. The first kappa shape index (κ1) is 13.0. The van der Waals surface area contributed by atoms with Crippen LogP contribution in [0.2, 0.25) is 0 Å². The summed E-state index contributed by atoms with van der Waals surface area (Å²) in [5.41, 5.74) is 1.08. The highest BCUT2D eigenvalue weighted by Crippen LogP contribution is 2.08. The number of halogens is 2. The third-order valence-corrected chi connectivity index (χ3v) is 2.71. The quantitative estimate of drug-likeness (QED) is 0.810. The van der Waals surface area contributed by atoms with Crippen LogP contribution in [0.15, 0.2) is 18.2 Å². The summed E-state index contributed by atoms with van der Waals surface area (Å²) < 4.78 is 13.1. The van der Waals surface area contributed by atoms with Gasteiger partial charge in [-0.1, -0.05) is 6.92 Å². The molecule has 1 unspecified atom stereocenters. The van der Waals surface area contributed by atoms with E-state index in [0.717, 1.165) is 5.56 Å². The van der Waals surface area contributed by atoms with Crippen LogP contribution in [-0.4, -0.2) is 18.3 Å². The van der Waals surface area contributed by atoms with E-state index < -0.39 is 5.82 Å². The van der Waals surface area contributed by atoms with E-state index in [9.17, 15) is 9.18 Å². The van der Waals surface area contributed by atoms with Crippen molar-refractivity contribution in [3.63, 3.8) is 0 Å². The molecule has 0 aliphatic carbocycles. The molecule has 1 amide bonds. The summed E-state index contributed by atoms with van der Waals surface area (Å²) in [7, 11) is 0.